The monoisotopic (exact) mass is 208 g/mol. The van der Waals surface area contributed by atoms with Crippen molar-refractivity contribution in [3.05, 3.63) is 23.5 Å². The number of terminal acetylenes is 1. The van der Waals surface area contributed by atoms with E-state index in [1.807, 2.05) is 6.07 Å². The van der Waals surface area contributed by atoms with Gasteiger partial charge in [-0.15, -0.1) is 6.42 Å². The molecule has 0 spiro atoms. The molecule has 0 aliphatic heterocycles. The number of nitrogens with one attached hydrogen (secondary N) is 1. The molecule has 0 aliphatic carbocycles. The molecule has 0 saturated heterocycles. The van der Waals surface area contributed by atoms with Crippen molar-refractivity contribution in [3.8, 4) is 12.3 Å². The van der Waals surface area contributed by atoms with Crippen molar-refractivity contribution in [2.75, 3.05) is 5.32 Å². The molecule has 1 atom stereocenters. The first-order valence-corrected chi connectivity index (χ1v) is 4.98. The summed E-state index contributed by atoms with van der Waals surface area (Å²) >= 11 is 5.75. The van der Waals surface area contributed by atoms with E-state index < -0.39 is 0 Å². The largest absolute Gasteiger partial charge is 0.371 e. The molecule has 14 heavy (non-hydrogen) atoms. The Balaban J connectivity index is 2.63. The summed E-state index contributed by atoms with van der Waals surface area (Å²) in [5.41, 5.74) is 0.918. The molecule has 1 N–H and O–H groups in total. The van der Waals surface area contributed by atoms with Gasteiger partial charge in [-0.05, 0) is 18.6 Å². The first kappa shape index (κ1) is 10.9. The minimum absolute atomic E-state index is 0.0680. The lowest BCUT2D eigenvalue weighted by molar-refractivity contribution is 0.756. The van der Waals surface area contributed by atoms with Gasteiger partial charge in [0.05, 0.1) is 6.04 Å². The lowest BCUT2D eigenvalue weighted by atomic mass is 10.2. The summed E-state index contributed by atoms with van der Waals surface area (Å²) < 4.78 is 0. The fourth-order valence-corrected chi connectivity index (χ4v) is 1.35. The Morgan fingerprint density at radius 2 is 2.50 bits per heavy atom. The van der Waals surface area contributed by atoms with Crippen LogP contribution in [-0.2, 0) is 0 Å². The molecule has 1 heterocycles. The van der Waals surface area contributed by atoms with Gasteiger partial charge in [-0.25, -0.2) is 4.98 Å². The normalized spacial score (nSPS) is 11.8. The second-order valence-electron chi connectivity index (χ2n) is 3.02. The summed E-state index contributed by atoms with van der Waals surface area (Å²) in [6, 6.07) is 3.69. The van der Waals surface area contributed by atoms with E-state index in [1.165, 1.54) is 0 Å². The van der Waals surface area contributed by atoms with Crippen molar-refractivity contribution in [2.24, 2.45) is 0 Å². The Bertz CT molecular complexity index is 330. The fraction of sp³-hybridized carbons (Fsp3) is 0.364. The first-order chi connectivity index (χ1) is 6.76. The molecular formula is C11H13ClN2. The van der Waals surface area contributed by atoms with Gasteiger partial charge in [-0.3, -0.25) is 0 Å². The maximum Gasteiger partial charge on any atom is 0.131 e. The number of rotatable bonds is 4. The Morgan fingerprint density at radius 3 is 3.07 bits per heavy atom. The lowest BCUT2D eigenvalue weighted by Gasteiger charge is -2.12. The summed E-state index contributed by atoms with van der Waals surface area (Å²) in [6.07, 6.45) is 9.05. The summed E-state index contributed by atoms with van der Waals surface area (Å²) in [4.78, 5) is 3.89. The minimum Gasteiger partial charge on any atom is -0.371 e. The predicted octanol–water partition coefficient (Wildman–Crippen LogP) is 2.95. The number of anilines is 1. The molecule has 0 amide bonds. The van der Waals surface area contributed by atoms with Gasteiger partial charge in [0.2, 0.25) is 0 Å². The van der Waals surface area contributed by atoms with Gasteiger partial charge in [-0.2, -0.15) is 0 Å². The van der Waals surface area contributed by atoms with Crippen LogP contribution in [0.4, 0.5) is 5.69 Å². The third-order valence-electron chi connectivity index (χ3n) is 1.85. The molecular weight excluding hydrogens is 196 g/mol. The zero-order chi connectivity index (χ0) is 10.4. The predicted molar refractivity (Wildman–Crippen MR) is 60.4 cm³/mol. The molecule has 0 aromatic carbocycles. The molecule has 0 aliphatic rings. The Kier molecular flexibility index (Phi) is 4.28. The highest BCUT2D eigenvalue weighted by Gasteiger charge is 2.03. The van der Waals surface area contributed by atoms with Crippen molar-refractivity contribution < 1.29 is 0 Å². The van der Waals surface area contributed by atoms with E-state index in [1.54, 1.807) is 12.3 Å². The molecule has 74 valence electrons. The Morgan fingerprint density at radius 1 is 1.71 bits per heavy atom. The zero-order valence-corrected chi connectivity index (χ0v) is 8.88. The lowest BCUT2D eigenvalue weighted by Crippen LogP contribution is -2.16. The molecule has 0 bridgehead atoms. The van der Waals surface area contributed by atoms with Gasteiger partial charge < -0.3 is 5.32 Å². The van der Waals surface area contributed by atoms with E-state index in [0.29, 0.717) is 5.15 Å². The van der Waals surface area contributed by atoms with Crippen molar-refractivity contribution in [3.63, 3.8) is 0 Å². The van der Waals surface area contributed by atoms with Crippen LogP contribution >= 0.6 is 11.6 Å². The van der Waals surface area contributed by atoms with Gasteiger partial charge in [-0.1, -0.05) is 30.9 Å². The molecule has 2 nitrogen and oxygen atoms in total. The second kappa shape index (κ2) is 5.51. The summed E-state index contributed by atoms with van der Waals surface area (Å²) in [7, 11) is 0. The van der Waals surface area contributed by atoms with E-state index in [-0.39, 0.29) is 6.04 Å². The Labute approximate surface area is 89.7 Å². The van der Waals surface area contributed by atoms with Gasteiger partial charge in [0.25, 0.3) is 0 Å². The maximum atomic E-state index is 5.75. The second-order valence-corrected chi connectivity index (χ2v) is 3.41. The van der Waals surface area contributed by atoms with Gasteiger partial charge in [0.1, 0.15) is 5.15 Å². The van der Waals surface area contributed by atoms with Crippen LogP contribution in [0.2, 0.25) is 5.15 Å². The molecule has 1 aromatic heterocycles. The third-order valence-corrected chi connectivity index (χ3v) is 2.05. The van der Waals surface area contributed by atoms with Crippen molar-refractivity contribution >= 4 is 17.3 Å². The highest BCUT2D eigenvalue weighted by molar-refractivity contribution is 6.29. The molecule has 1 aromatic rings. The third kappa shape index (κ3) is 3.27. The topological polar surface area (TPSA) is 24.9 Å². The number of nitrogens with zero attached hydrogens (tertiary/aromatic N) is 1. The highest BCUT2D eigenvalue weighted by atomic mass is 35.5. The molecule has 1 rings (SSSR count). The van der Waals surface area contributed by atoms with Gasteiger partial charge in [0.15, 0.2) is 0 Å². The highest BCUT2D eigenvalue weighted by Crippen LogP contribution is 2.14. The van der Waals surface area contributed by atoms with Crippen molar-refractivity contribution in [1.29, 1.82) is 0 Å². The molecule has 0 fully saturated rings. The van der Waals surface area contributed by atoms with Crippen LogP contribution in [0.15, 0.2) is 18.3 Å². The number of hydrogen-bond acceptors (Lipinski definition) is 2. The number of halogens is 1. The molecule has 1 unspecified atom stereocenters. The van der Waals surface area contributed by atoms with Crippen LogP contribution in [-0.4, -0.2) is 11.0 Å². The quantitative estimate of drug-likeness (QED) is 0.608. The summed E-state index contributed by atoms with van der Waals surface area (Å²) in [5.74, 6) is 2.70. The van der Waals surface area contributed by atoms with Crippen LogP contribution in [0.1, 0.15) is 19.8 Å². The smallest absolute Gasteiger partial charge is 0.131 e. The average molecular weight is 209 g/mol. The van der Waals surface area contributed by atoms with E-state index in [9.17, 15) is 0 Å². The molecule has 3 heteroatoms. The van der Waals surface area contributed by atoms with E-state index in [4.69, 9.17) is 18.0 Å². The minimum atomic E-state index is 0.0680. The standard InChI is InChI=1S/C11H13ClN2/c1-3-5-9(4-2)14-10-6-7-13-11(12)8-10/h2,6-9H,3,5H2,1H3,(H,13,14). The van der Waals surface area contributed by atoms with Crippen LogP contribution in [0.3, 0.4) is 0 Å². The first-order valence-electron chi connectivity index (χ1n) is 4.60. The van der Waals surface area contributed by atoms with Crippen LogP contribution in [0.5, 0.6) is 0 Å². The van der Waals surface area contributed by atoms with Crippen molar-refractivity contribution in [1.82, 2.24) is 4.98 Å². The fourth-order valence-electron chi connectivity index (χ4n) is 1.18. The van der Waals surface area contributed by atoms with E-state index in [2.05, 4.69) is 23.1 Å². The van der Waals surface area contributed by atoms with Gasteiger partial charge in [0, 0.05) is 11.9 Å². The summed E-state index contributed by atoms with van der Waals surface area (Å²) in [5, 5.41) is 3.68. The summed E-state index contributed by atoms with van der Waals surface area (Å²) in [6.45, 7) is 2.10. The van der Waals surface area contributed by atoms with E-state index >= 15 is 0 Å². The Hall–Kier alpha value is -1.20. The number of hydrogen-bond donors (Lipinski definition) is 1. The van der Waals surface area contributed by atoms with Crippen LogP contribution in [0, 0.1) is 12.3 Å². The molecule has 0 saturated carbocycles. The van der Waals surface area contributed by atoms with Crippen molar-refractivity contribution in [2.45, 2.75) is 25.8 Å². The van der Waals surface area contributed by atoms with Gasteiger partial charge >= 0.3 is 0 Å². The van der Waals surface area contributed by atoms with Crippen LogP contribution < -0.4 is 5.32 Å². The number of aromatic nitrogens is 1. The maximum absolute atomic E-state index is 5.75. The average Bonchev–Trinajstić information content (AvgIpc) is 2.17. The SMILES string of the molecule is C#CC(CCC)Nc1ccnc(Cl)c1. The zero-order valence-electron chi connectivity index (χ0n) is 8.13. The van der Waals surface area contributed by atoms with Crippen LogP contribution in [0.25, 0.3) is 0 Å². The van der Waals surface area contributed by atoms with E-state index in [0.717, 1.165) is 18.5 Å². The number of pyridine rings is 1. The molecule has 0 radical (unpaired) electrons.